The lowest BCUT2D eigenvalue weighted by Crippen LogP contribution is -2.22. The van der Waals surface area contributed by atoms with Crippen molar-refractivity contribution in [3.63, 3.8) is 0 Å². The number of halogens is 2. The van der Waals surface area contributed by atoms with Crippen LogP contribution in [-0.4, -0.2) is 20.5 Å². The van der Waals surface area contributed by atoms with Gasteiger partial charge in [-0.3, -0.25) is 14.2 Å². The molecule has 0 aliphatic heterocycles. The van der Waals surface area contributed by atoms with Gasteiger partial charge < -0.3 is 4.74 Å². The van der Waals surface area contributed by atoms with E-state index in [4.69, 9.17) is 4.74 Å². The number of ether oxygens (including phenoxy) is 1. The van der Waals surface area contributed by atoms with Crippen LogP contribution in [0.15, 0.2) is 69.9 Å². The molecule has 0 bridgehead atoms. The molecule has 0 aliphatic carbocycles. The fourth-order valence-electron chi connectivity index (χ4n) is 3.16. The molecule has 0 spiro atoms. The molecule has 8 heteroatoms. The lowest BCUT2D eigenvalue weighted by atomic mass is 10.2. The zero-order valence-electron chi connectivity index (χ0n) is 17.0. The minimum absolute atomic E-state index is 0.0679. The Hall–Kier alpha value is -3.65. The van der Waals surface area contributed by atoms with Crippen molar-refractivity contribution in [2.24, 2.45) is 0 Å². The van der Waals surface area contributed by atoms with E-state index in [1.807, 2.05) is 12.1 Å². The first-order valence-electron chi connectivity index (χ1n) is 9.67. The molecule has 4 aromatic rings. The molecule has 32 heavy (non-hydrogen) atoms. The van der Waals surface area contributed by atoms with Gasteiger partial charge in [0.2, 0.25) is 0 Å². The highest BCUT2D eigenvalue weighted by Gasteiger charge is 2.14. The average molecular weight is 494 g/mol. The van der Waals surface area contributed by atoms with E-state index in [0.717, 1.165) is 0 Å². The molecule has 4 rings (SSSR count). The Kier molecular flexibility index (Phi) is 6.23. The molecule has 0 aliphatic rings. The van der Waals surface area contributed by atoms with Crippen LogP contribution in [0.25, 0.3) is 28.7 Å². The predicted molar refractivity (Wildman–Crippen MR) is 124 cm³/mol. The second-order valence-electron chi connectivity index (χ2n) is 6.89. The third-order valence-corrected chi connectivity index (χ3v) is 5.27. The summed E-state index contributed by atoms with van der Waals surface area (Å²) < 4.78 is 20.9. The van der Waals surface area contributed by atoms with Crippen molar-refractivity contribution < 1.29 is 13.9 Å². The van der Waals surface area contributed by atoms with Crippen molar-refractivity contribution in [2.75, 3.05) is 0 Å². The van der Waals surface area contributed by atoms with Crippen LogP contribution in [0, 0.1) is 5.82 Å². The Bertz CT molecular complexity index is 1420. The van der Waals surface area contributed by atoms with Gasteiger partial charge in [0.25, 0.3) is 5.56 Å². The number of benzene rings is 2. The first-order valence-corrected chi connectivity index (χ1v) is 10.5. The second-order valence-corrected chi connectivity index (χ2v) is 7.75. The van der Waals surface area contributed by atoms with E-state index in [2.05, 4.69) is 25.9 Å². The number of aromatic nitrogens is 3. The maximum absolute atomic E-state index is 13.8. The van der Waals surface area contributed by atoms with E-state index in [1.54, 1.807) is 42.5 Å². The Labute approximate surface area is 191 Å². The molecule has 2 heterocycles. The smallest absolute Gasteiger partial charge is 0.303 e. The number of nitrogens with zero attached hydrogens (tertiary/aromatic N) is 3. The topological polar surface area (TPSA) is 74.1 Å². The predicted octanol–water partition coefficient (Wildman–Crippen LogP) is 4.92. The summed E-state index contributed by atoms with van der Waals surface area (Å²) in [5.74, 6) is -0.539. The lowest BCUT2D eigenvalue weighted by Gasteiger charge is -2.13. The number of esters is 1. The molecule has 0 unspecified atom stereocenters. The van der Waals surface area contributed by atoms with Gasteiger partial charge in [0.05, 0.1) is 28.0 Å². The fourth-order valence-corrected chi connectivity index (χ4v) is 3.62. The molecule has 160 valence electrons. The van der Waals surface area contributed by atoms with Gasteiger partial charge in [-0.05, 0) is 70.5 Å². The van der Waals surface area contributed by atoms with Gasteiger partial charge in [0.1, 0.15) is 18.2 Å². The second kappa shape index (κ2) is 9.23. The molecule has 0 saturated heterocycles. The van der Waals surface area contributed by atoms with Crippen molar-refractivity contribution in [2.45, 2.75) is 13.5 Å². The van der Waals surface area contributed by atoms with Gasteiger partial charge in [-0.25, -0.2) is 14.4 Å². The number of fused-ring (bicyclic) bond motifs is 1. The molecule has 0 amide bonds. The third kappa shape index (κ3) is 4.65. The highest BCUT2D eigenvalue weighted by atomic mass is 79.9. The van der Waals surface area contributed by atoms with E-state index in [1.165, 1.54) is 29.7 Å². The molecule has 2 aromatic carbocycles. The van der Waals surface area contributed by atoms with Crippen molar-refractivity contribution in [3.05, 3.63) is 98.5 Å². The summed E-state index contributed by atoms with van der Waals surface area (Å²) in [7, 11) is 0. The molecule has 0 saturated carbocycles. The summed E-state index contributed by atoms with van der Waals surface area (Å²) in [5, 5.41) is 0.180. The summed E-state index contributed by atoms with van der Waals surface area (Å²) in [6.45, 7) is 1.40. The number of carbonyl (C=O) groups is 1. The van der Waals surface area contributed by atoms with Gasteiger partial charge in [-0.15, -0.1) is 0 Å². The van der Waals surface area contributed by atoms with Crippen LogP contribution in [0.1, 0.15) is 24.1 Å². The van der Waals surface area contributed by atoms with Crippen LogP contribution >= 0.6 is 15.9 Å². The SMILES string of the molecule is CC(=O)OCc1cccc(C=Cc2nc3ccc(F)cc3c(=O)n2-c2ccccc2Br)n1. The summed E-state index contributed by atoms with van der Waals surface area (Å²) in [4.78, 5) is 33.4. The zero-order valence-corrected chi connectivity index (χ0v) is 18.5. The number of hydrogen-bond donors (Lipinski definition) is 0. The molecule has 0 N–H and O–H groups in total. The summed E-state index contributed by atoms with van der Waals surface area (Å²) in [5.41, 5.74) is 1.76. The summed E-state index contributed by atoms with van der Waals surface area (Å²) >= 11 is 3.47. The van der Waals surface area contributed by atoms with E-state index in [0.29, 0.717) is 32.9 Å². The first kappa shape index (κ1) is 21.6. The van der Waals surface area contributed by atoms with Crippen molar-refractivity contribution in [1.82, 2.24) is 14.5 Å². The Morgan fingerprint density at radius 3 is 2.69 bits per heavy atom. The standard InChI is InChI=1S/C24H17BrFN3O3/c1-15(30)32-14-18-6-4-5-17(27-18)10-12-23-28-21-11-9-16(26)13-19(21)24(31)29(23)22-8-3-2-7-20(22)25/h2-13H,14H2,1H3. The quantitative estimate of drug-likeness (QED) is 0.369. The Balaban J connectivity index is 1.83. The average Bonchev–Trinajstić information content (AvgIpc) is 2.78. The van der Waals surface area contributed by atoms with Crippen LogP contribution in [0.3, 0.4) is 0 Å². The van der Waals surface area contributed by atoms with Crippen molar-refractivity contribution in [3.8, 4) is 5.69 Å². The molecule has 0 fully saturated rings. The van der Waals surface area contributed by atoms with Crippen molar-refractivity contribution in [1.29, 1.82) is 0 Å². The molecular weight excluding hydrogens is 477 g/mol. The Morgan fingerprint density at radius 1 is 1.09 bits per heavy atom. The van der Waals surface area contributed by atoms with Crippen LogP contribution in [0.2, 0.25) is 0 Å². The van der Waals surface area contributed by atoms with E-state index >= 15 is 0 Å². The van der Waals surface area contributed by atoms with Crippen LogP contribution in [0.5, 0.6) is 0 Å². The maximum atomic E-state index is 13.8. The van der Waals surface area contributed by atoms with E-state index in [-0.39, 0.29) is 18.0 Å². The minimum Gasteiger partial charge on any atom is -0.459 e. The van der Waals surface area contributed by atoms with Gasteiger partial charge in [0, 0.05) is 11.4 Å². The van der Waals surface area contributed by atoms with Crippen LogP contribution < -0.4 is 5.56 Å². The number of hydrogen-bond acceptors (Lipinski definition) is 5. The Morgan fingerprint density at radius 2 is 1.91 bits per heavy atom. The molecule has 0 atom stereocenters. The largest absolute Gasteiger partial charge is 0.459 e. The minimum atomic E-state index is -0.507. The van der Waals surface area contributed by atoms with Gasteiger partial charge in [-0.2, -0.15) is 0 Å². The van der Waals surface area contributed by atoms with Gasteiger partial charge in [-0.1, -0.05) is 18.2 Å². The van der Waals surface area contributed by atoms with Crippen LogP contribution in [0.4, 0.5) is 4.39 Å². The van der Waals surface area contributed by atoms with E-state index in [9.17, 15) is 14.0 Å². The van der Waals surface area contributed by atoms with Crippen molar-refractivity contribution >= 4 is 45.0 Å². The zero-order chi connectivity index (χ0) is 22.7. The molecule has 0 radical (unpaired) electrons. The highest BCUT2D eigenvalue weighted by molar-refractivity contribution is 9.10. The summed E-state index contributed by atoms with van der Waals surface area (Å²) in [6.07, 6.45) is 3.38. The van der Waals surface area contributed by atoms with Gasteiger partial charge >= 0.3 is 5.97 Å². The first-order chi connectivity index (χ1) is 15.4. The number of carbonyl (C=O) groups excluding carboxylic acids is 1. The summed E-state index contributed by atoms with van der Waals surface area (Å²) in [6, 6.07) is 16.5. The molecule has 6 nitrogen and oxygen atoms in total. The van der Waals surface area contributed by atoms with Crippen LogP contribution in [-0.2, 0) is 16.1 Å². The maximum Gasteiger partial charge on any atom is 0.303 e. The lowest BCUT2D eigenvalue weighted by molar-refractivity contribution is -0.142. The van der Waals surface area contributed by atoms with Gasteiger partial charge in [0.15, 0.2) is 0 Å². The number of para-hydroxylation sites is 1. The monoisotopic (exact) mass is 493 g/mol. The molecule has 2 aromatic heterocycles. The normalized spacial score (nSPS) is 11.2. The van der Waals surface area contributed by atoms with E-state index < -0.39 is 11.4 Å². The fraction of sp³-hybridized carbons (Fsp3) is 0.0833. The third-order valence-electron chi connectivity index (χ3n) is 4.60. The number of pyridine rings is 1. The number of rotatable bonds is 5. The highest BCUT2D eigenvalue weighted by Crippen LogP contribution is 2.22. The molecular formula is C24H17BrFN3O3.